The van der Waals surface area contributed by atoms with Crippen molar-refractivity contribution in [2.75, 3.05) is 7.05 Å². The smallest absolute Gasteiger partial charge is 0.270 e. The summed E-state index contributed by atoms with van der Waals surface area (Å²) in [4.78, 5) is 16.6. The first-order valence-electron chi connectivity index (χ1n) is 5.97. The fourth-order valence-corrected chi connectivity index (χ4v) is 1.94. The molecule has 1 aromatic carbocycles. The number of aromatic nitrogens is 1. The van der Waals surface area contributed by atoms with E-state index in [9.17, 15) is 4.79 Å². The number of oxime groups is 1. The fourth-order valence-electron chi connectivity index (χ4n) is 1.83. The van der Waals surface area contributed by atoms with E-state index >= 15 is 0 Å². The number of carbonyl (C=O) groups excluding carboxylic acids is 1. The van der Waals surface area contributed by atoms with Crippen molar-refractivity contribution in [3.8, 4) is 0 Å². The first-order valence-corrected chi connectivity index (χ1v) is 6.35. The topological polar surface area (TPSA) is 68.7 Å². The van der Waals surface area contributed by atoms with Crippen molar-refractivity contribution in [1.82, 2.24) is 9.88 Å². The molecule has 0 saturated heterocycles. The van der Waals surface area contributed by atoms with Gasteiger partial charge in [0, 0.05) is 25.4 Å². The first kappa shape index (κ1) is 14.1. The van der Waals surface area contributed by atoms with Gasteiger partial charge < -0.3 is 15.1 Å². The van der Waals surface area contributed by atoms with Gasteiger partial charge in [-0.1, -0.05) is 47.1 Å². The number of H-pyrrole nitrogens is 1. The van der Waals surface area contributed by atoms with Crippen LogP contribution in [-0.4, -0.2) is 33.2 Å². The van der Waals surface area contributed by atoms with Gasteiger partial charge in [-0.15, -0.1) is 0 Å². The predicted molar refractivity (Wildman–Crippen MR) is 77.2 cm³/mol. The number of amides is 1. The molecule has 0 saturated carbocycles. The Balaban J connectivity index is 2.09. The molecule has 0 bridgehead atoms. The van der Waals surface area contributed by atoms with Crippen LogP contribution in [0.15, 0.2) is 47.8 Å². The number of benzene rings is 1. The number of hydrogen-bond acceptors (Lipinski definition) is 3. The summed E-state index contributed by atoms with van der Waals surface area (Å²) < 4.78 is 0. The molecule has 1 amide bonds. The maximum atomic E-state index is 12.2. The van der Waals surface area contributed by atoms with Crippen LogP contribution >= 0.6 is 11.6 Å². The minimum Gasteiger partial charge on any atom is -0.410 e. The van der Waals surface area contributed by atoms with Crippen molar-refractivity contribution in [3.05, 3.63) is 59.4 Å². The Kier molecular flexibility index (Phi) is 4.42. The van der Waals surface area contributed by atoms with Gasteiger partial charge in [0.05, 0.1) is 0 Å². The van der Waals surface area contributed by atoms with E-state index in [-0.39, 0.29) is 11.1 Å². The maximum Gasteiger partial charge on any atom is 0.270 e. The summed E-state index contributed by atoms with van der Waals surface area (Å²) in [5, 5.41) is 11.4. The minimum absolute atomic E-state index is 0.0639. The molecule has 2 aromatic rings. The highest BCUT2D eigenvalue weighted by molar-refractivity contribution is 6.69. The largest absolute Gasteiger partial charge is 0.410 e. The highest BCUT2D eigenvalue weighted by Gasteiger charge is 2.15. The Labute approximate surface area is 121 Å². The summed E-state index contributed by atoms with van der Waals surface area (Å²) in [5.41, 5.74) is 1.90. The quantitative estimate of drug-likeness (QED) is 0.516. The molecule has 0 aliphatic heterocycles. The van der Waals surface area contributed by atoms with E-state index in [0.29, 0.717) is 17.8 Å². The van der Waals surface area contributed by atoms with Crippen LogP contribution in [0.25, 0.3) is 0 Å². The van der Waals surface area contributed by atoms with Crippen LogP contribution < -0.4 is 0 Å². The molecule has 104 valence electrons. The lowest BCUT2D eigenvalue weighted by Crippen LogP contribution is -2.26. The molecule has 0 radical (unpaired) electrons. The Bertz CT molecular complexity index is 622. The van der Waals surface area contributed by atoms with Crippen LogP contribution in [0.2, 0.25) is 0 Å². The monoisotopic (exact) mass is 291 g/mol. The van der Waals surface area contributed by atoms with Crippen molar-refractivity contribution in [2.45, 2.75) is 6.54 Å². The molecule has 20 heavy (non-hydrogen) atoms. The second-order valence-electron chi connectivity index (χ2n) is 4.34. The second kappa shape index (κ2) is 6.25. The molecule has 5 nitrogen and oxygen atoms in total. The van der Waals surface area contributed by atoms with E-state index < -0.39 is 0 Å². The molecule has 0 spiro atoms. The van der Waals surface area contributed by atoms with Gasteiger partial charge in [-0.2, -0.15) is 0 Å². The number of hydrogen-bond donors (Lipinski definition) is 2. The highest BCUT2D eigenvalue weighted by atomic mass is 35.5. The average Bonchev–Trinajstić information content (AvgIpc) is 2.96. The zero-order chi connectivity index (χ0) is 14.5. The Morgan fingerprint density at radius 1 is 1.40 bits per heavy atom. The molecule has 0 aliphatic rings. The van der Waals surface area contributed by atoms with Crippen molar-refractivity contribution in [2.24, 2.45) is 5.16 Å². The van der Waals surface area contributed by atoms with Gasteiger partial charge in [0.25, 0.3) is 5.91 Å². The van der Waals surface area contributed by atoms with Crippen LogP contribution in [0.1, 0.15) is 21.6 Å². The van der Waals surface area contributed by atoms with Gasteiger partial charge in [-0.3, -0.25) is 4.79 Å². The van der Waals surface area contributed by atoms with Gasteiger partial charge in [0.15, 0.2) is 5.17 Å². The van der Waals surface area contributed by atoms with E-state index in [0.717, 1.165) is 5.56 Å². The zero-order valence-corrected chi connectivity index (χ0v) is 11.6. The van der Waals surface area contributed by atoms with Gasteiger partial charge in [-0.25, -0.2) is 0 Å². The predicted octanol–water partition coefficient (Wildman–Crippen LogP) is 2.66. The van der Waals surface area contributed by atoms with Crippen molar-refractivity contribution in [1.29, 1.82) is 0 Å². The van der Waals surface area contributed by atoms with Crippen LogP contribution in [0.3, 0.4) is 0 Å². The number of rotatable bonds is 4. The molecule has 0 atom stereocenters. The summed E-state index contributed by atoms with van der Waals surface area (Å²) in [6.07, 6.45) is 1.52. The van der Waals surface area contributed by atoms with Crippen molar-refractivity contribution >= 4 is 22.7 Å². The summed E-state index contributed by atoms with van der Waals surface area (Å²) in [6, 6.07) is 11.2. The van der Waals surface area contributed by atoms with Crippen molar-refractivity contribution < 1.29 is 10.0 Å². The lowest BCUT2D eigenvalue weighted by Gasteiger charge is -2.16. The Hall–Kier alpha value is -2.27. The Morgan fingerprint density at radius 3 is 2.75 bits per heavy atom. The number of halogens is 1. The first-order chi connectivity index (χ1) is 9.61. The molecule has 0 fully saturated rings. The molecule has 0 aliphatic carbocycles. The minimum atomic E-state index is -0.164. The standard InChI is InChI=1S/C14H14ClN3O2/c1-18(9-10-5-3-2-4-6-10)14(19)12-7-11(8-16-12)13(15)17-20/h2-8,16,20H,9H2,1H3/b17-13-. The van der Waals surface area contributed by atoms with E-state index in [1.807, 2.05) is 30.3 Å². The normalized spacial score (nSPS) is 11.4. The summed E-state index contributed by atoms with van der Waals surface area (Å²) in [6.45, 7) is 0.510. The molecular formula is C14H14ClN3O2. The molecule has 1 heterocycles. The van der Waals surface area contributed by atoms with E-state index in [4.69, 9.17) is 16.8 Å². The lowest BCUT2D eigenvalue weighted by molar-refractivity contribution is 0.0780. The summed E-state index contributed by atoms with van der Waals surface area (Å²) >= 11 is 5.67. The molecule has 6 heteroatoms. The maximum absolute atomic E-state index is 12.2. The van der Waals surface area contributed by atoms with Crippen LogP contribution in [0, 0.1) is 0 Å². The third kappa shape index (κ3) is 3.19. The number of nitrogens with one attached hydrogen (secondary N) is 1. The van der Waals surface area contributed by atoms with E-state index in [1.54, 1.807) is 18.0 Å². The van der Waals surface area contributed by atoms with E-state index in [1.165, 1.54) is 6.20 Å². The fraction of sp³-hybridized carbons (Fsp3) is 0.143. The third-order valence-corrected chi connectivity index (χ3v) is 3.14. The zero-order valence-electron chi connectivity index (χ0n) is 10.9. The highest BCUT2D eigenvalue weighted by Crippen LogP contribution is 2.11. The molecule has 2 N–H and O–H groups in total. The van der Waals surface area contributed by atoms with Gasteiger partial charge in [-0.05, 0) is 11.6 Å². The lowest BCUT2D eigenvalue weighted by atomic mass is 10.2. The van der Waals surface area contributed by atoms with Crippen LogP contribution in [-0.2, 0) is 6.54 Å². The number of carbonyl (C=O) groups is 1. The van der Waals surface area contributed by atoms with Gasteiger partial charge >= 0.3 is 0 Å². The third-order valence-electron chi connectivity index (χ3n) is 2.85. The molecular weight excluding hydrogens is 278 g/mol. The van der Waals surface area contributed by atoms with Crippen LogP contribution in [0.4, 0.5) is 0 Å². The SMILES string of the molecule is CN(Cc1ccccc1)C(=O)c1cc(/C(Cl)=N/O)c[nH]1. The number of nitrogens with zero attached hydrogens (tertiary/aromatic N) is 2. The molecule has 1 aromatic heterocycles. The van der Waals surface area contributed by atoms with Gasteiger partial charge in [0.1, 0.15) is 5.69 Å². The van der Waals surface area contributed by atoms with Crippen molar-refractivity contribution in [3.63, 3.8) is 0 Å². The molecule has 0 unspecified atom stereocenters. The average molecular weight is 292 g/mol. The van der Waals surface area contributed by atoms with Gasteiger partial charge in [0.2, 0.25) is 0 Å². The number of aromatic amines is 1. The Morgan fingerprint density at radius 2 is 2.10 bits per heavy atom. The summed E-state index contributed by atoms with van der Waals surface area (Å²) in [7, 11) is 1.72. The van der Waals surface area contributed by atoms with E-state index in [2.05, 4.69) is 10.1 Å². The molecule has 2 rings (SSSR count). The second-order valence-corrected chi connectivity index (χ2v) is 4.70. The van der Waals surface area contributed by atoms with Crippen LogP contribution in [0.5, 0.6) is 0 Å². The summed E-state index contributed by atoms with van der Waals surface area (Å²) in [5.74, 6) is -0.164.